The number of nitrogens with one attached hydrogen (secondary N) is 11. The van der Waals surface area contributed by atoms with E-state index in [1.54, 1.807) is 14.0 Å². The van der Waals surface area contributed by atoms with Gasteiger partial charge in [-0.3, -0.25) is 76.1 Å². The van der Waals surface area contributed by atoms with Crippen molar-refractivity contribution < 1.29 is 53.1 Å². The molecule has 0 saturated carbocycles. The van der Waals surface area contributed by atoms with E-state index in [0.29, 0.717) is 13.0 Å². The minimum atomic E-state index is -1.28. The predicted octanol–water partition coefficient (Wildman–Crippen LogP) is -3.14. The highest BCUT2D eigenvalue weighted by molar-refractivity contribution is 5.97. The van der Waals surface area contributed by atoms with Gasteiger partial charge < -0.3 is 53.6 Å². The first-order valence-electron chi connectivity index (χ1n) is 29.0. The lowest BCUT2D eigenvalue weighted by Crippen LogP contribution is -2.78. The lowest BCUT2D eigenvalue weighted by molar-refractivity contribution is -0.460. The average Bonchev–Trinajstić information content (AvgIpc) is 3.37. The summed E-state index contributed by atoms with van der Waals surface area (Å²) >= 11 is 0. The van der Waals surface area contributed by atoms with Crippen molar-refractivity contribution in [3.63, 3.8) is 0 Å². The molecule has 25 nitrogen and oxygen atoms in total. The number of carbonyl (C=O) groups excluding carboxylic acids is 9. The van der Waals surface area contributed by atoms with Crippen molar-refractivity contribution in [3.05, 3.63) is 0 Å². The molecule has 0 spiro atoms. The minimum absolute atomic E-state index is 0.00719. The van der Waals surface area contributed by atoms with E-state index >= 15 is 0 Å². The smallest absolute Gasteiger partial charge is 0.338 e. The highest BCUT2D eigenvalue weighted by Gasteiger charge is 2.33. The maximum Gasteiger partial charge on any atom is 0.338 e. The van der Waals surface area contributed by atoms with Crippen LogP contribution in [-0.4, -0.2) is 141 Å². The quantitative estimate of drug-likeness (QED) is 0.0163. The maximum atomic E-state index is 14.3. The molecule has 0 rings (SSSR count). The Morgan fingerprint density at radius 3 is 1.22 bits per heavy atom. The number of hydrogen-bond donors (Lipinski definition) is 16. The average molecular weight is 1120 g/mol. The molecule has 0 fully saturated rings. The van der Waals surface area contributed by atoms with Crippen LogP contribution >= 0.6 is 0 Å². The molecule has 7 unspecified atom stereocenters. The summed E-state index contributed by atoms with van der Waals surface area (Å²) in [5.74, 6) is -6.09. The van der Waals surface area contributed by atoms with Crippen molar-refractivity contribution in [2.75, 3.05) is 33.2 Å². The van der Waals surface area contributed by atoms with Crippen LogP contribution in [0.3, 0.4) is 0 Å². The highest BCUT2D eigenvalue weighted by Crippen LogP contribution is 2.14. The number of hydrogen-bond acceptors (Lipinski definition) is 10. The topological polar surface area (TPSA) is 420 Å². The van der Waals surface area contributed by atoms with Crippen LogP contribution in [0.1, 0.15) is 190 Å². The second kappa shape index (κ2) is 43.6. The molecular formula is C54H106N16O9+2. The Balaban J connectivity index is 6.23. The zero-order valence-electron chi connectivity index (χ0n) is 49.1. The zero-order chi connectivity index (χ0) is 59.7. The number of primary amides is 1. The van der Waals surface area contributed by atoms with Crippen LogP contribution in [0.5, 0.6) is 0 Å². The molecular weight excluding hydrogens is 1020 g/mol. The van der Waals surface area contributed by atoms with E-state index in [-0.39, 0.29) is 101 Å². The number of nitrogens with two attached hydrogens (primary N) is 5. The first kappa shape index (κ1) is 72.7. The van der Waals surface area contributed by atoms with Gasteiger partial charge in [-0.15, -0.1) is 0 Å². The van der Waals surface area contributed by atoms with Crippen LogP contribution in [0.15, 0.2) is 0 Å². The Labute approximate surface area is 470 Å². The van der Waals surface area contributed by atoms with Crippen LogP contribution in [0, 0.1) is 11.8 Å². The third kappa shape index (κ3) is 36.5. The fourth-order valence-corrected chi connectivity index (χ4v) is 8.56. The normalized spacial score (nSPS) is 13.7. The van der Waals surface area contributed by atoms with Gasteiger partial charge in [0, 0.05) is 6.42 Å². The highest BCUT2D eigenvalue weighted by atomic mass is 16.2. The summed E-state index contributed by atoms with van der Waals surface area (Å²) in [6.07, 6.45) is 16.8. The van der Waals surface area contributed by atoms with Crippen molar-refractivity contribution >= 4 is 65.1 Å². The van der Waals surface area contributed by atoms with Crippen LogP contribution in [0.25, 0.3) is 0 Å². The minimum Gasteiger partial charge on any atom is -0.368 e. The lowest BCUT2D eigenvalue weighted by atomic mass is 10.0. The summed E-state index contributed by atoms with van der Waals surface area (Å²) < 4.78 is 0. The molecule has 0 bridgehead atoms. The summed E-state index contributed by atoms with van der Waals surface area (Å²) in [7, 11) is 1.73. The largest absolute Gasteiger partial charge is 0.368 e. The van der Waals surface area contributed by atoms with E-state index in [0.717, 1.165) is 19.3 Å². The van der Waals surface area contributed by atoms with Crippen LogP contribution < -0.4 is 86.5 Å². The summed E-state index contributed by atoms with van der Waals surface area (Å²) in [5.41, 5.74) is 27.6. The predicted molar refractivity (Wildman–Crippen MR) is 306 cm³/mol. The van der Waals surface area contributed by atoms with E-state index in [1.807, 2.05) is 27.7 Å². The Hall–Kier alpha value is -6.27. The molecule has 0 radical (unpaired) electrons. The molecule has 0 saturated heterocycles. The number of rotatable bonds is 46. The summed E-state index contributed by atoms with van der Waals surface area (Å²) in [6.45, 7) is 13.1. The summed E-state index contributed by atoms with van der Waals surface area (Å²) in [6, 6.07) is -8.02. The van der Waals surface area contributed by atoms with Crippen molar-refractivity contribution in [1.29, 1.82) is 0 Å². The molecule has 9 amide bonds. The summed E-state index contributed by atoms with van der Waals surface area (Å²) in [5, 5.41) is 24.4. The van der Waals surface area contributed by atoms with E-state index < -0.39 is 96.1 Å². The van der Waals surface area contributed by atoms with Crippen LogP contribution in [-0.2, 0) is 43.2 Å². The van der Waals surface area contributed by atoms with Gasteiger partial charge in [0.15, 0.2) is 0 Å². The van der Waals surface area contributed by atoms with Gasteiger partial charge in [-0.25, -0.2) is 0 Å². The number of carbonyl (C=O) groups is 9. The van der Waals surface area contributed by atoms with Crippen molar-refractivity contribution in [3.8, 4) is 0 Å². The number of guanidine groups is 2. The molecule has 0 aromatic rings. The molecule has 0 aliphatic heterocycles. The lowest BCUT2D eigenvalue weighted by Gasteiger charge is -2.28. The van der Waals surface area contributed by atoms with Gasteiger partial charge in [0.2, 0.25) is 53.2 Å². The standard InChI is InChI=1S/C54H104N16O9/c1-9-11-12-13-14-15-16-17-18-19-20-21-22-27-45(72)65-41(28-31-60-8)51(78)70-43(33-36(5)6)52(79)68-40(26-24-30-62-54(58)59)50(77)67-39(25-23-29-61-53(56)57)49(76)64-37(7)46(73)66-38(10-2)48(75)69-42(32-35(3)4)47(74)63-34-44(55)71/h35-43,60H,9-34H2,1-8H3,(H2,55,71)(H,63,74)(H,64,76)(H,65,72)(H,66,73)(H,67,77)(H,68,79)(H,69,75)(H,70,78)(H4,56,57,61)(H4,58,59,62)/p+2. The molecule has 454 valence electrons. The Morgan fingerprint density at radius 2 is 0.797 bits per heavy atom. The van der Waals surface area contributed by atoms with Crippen molar-refractivity contribution in [2.45, 2.75) is 232 Å². The molecule has 79 heavy (non-hydrogen) atoms. The molecule has 7 atom stereocenters. The Morgan fingerprint density at radius 1 is 0.418 bits per heavy atom. The van der Waals surface area contributed by atoms with Gasteiger partial charge in [0.1, 0.15) is 42.3 Å². The molecule has 21 N–H and O–H groups in total. The third-order valence-electron chi connectivity index (χ3n) is 13.0. The van der Waals surface area contributed by atoms with Gasteiger partial charge in [-0.1, -0.05) is 119 Å². The van der Waals surface area contributed by atoms with Gasteiger partial charge in [0.05, 0.1) is 19.6 Å². The van der Waals surface area contributed by atoms with Gasteiger partial charge in [-0.05, 0) is 90.1 Å². The molecule has 0 aliphatic rings. The molecule has 0 aliphatic carbocycles. The zero-order valence-corrected chi connectivity index (χ0v) is 49.1. The number of unbranched alkanes of at least 4 members (excludes halogenated alkanes) is 12. The van der Waals surface area contributed by atoms with Gasteiger partial charge in [-0.2, -0.15) is 0 Å². The van der Waals surface area contributed by atoms with Crippen LogP contribution in [0.2, 0.25) is 0 Å². The fourth-order valence-electron chi connectivity index (χ4n) is 8.56. The molecule has 0 aromatic heterocycles. The van der Waals surface area contributed by atoms with Gasteiger partial charge >= 0.3 is 11.9 Å². The SMILES string of the molecule is CCCCCCCCCCCCCCCC(=O)NC(CCNC)C(=O)NC(CC(C)C)C(=O)NC(CCC[NH+]=C(N)N)C(=O)NC(CCC[NH+]=C(N)N)C(=O)NC(C)C(=O)NC(CC)C(=O)NC(CC(C)C)C(=O)NCC(N)=O. The van der Waals surface area contributed by atoms with E-state index in [1.165, 1.54) is 64.7 Å². The van der Waals surface area contributed by atoms with E-state index in [9.17, 15) is 43.2 Å². The first-order valence-corrected chi connectivity index (χ1v) is 29.0. The summed E-state index contributed by atoms with van der Waals surface area (Å²) in [4.78, 5) is 126. The van der Waals surface area contributed by atoms with E-state index in [2.05, 4.69) is 64.8 Å². The molecule has 0 aromatic carbocycles. The molecule has 25 heteroatoms. The Kier molecular flexibility index (Phi) is 40.1. The third-order valence-corrected chi connectivity index (χ3v) is 13.0. The monoisotopic (exact) mass is 1120 g/mol. The van der Waals surface area contributed by atoms with Crippen molar-refractivity contribution in [2.24, 2.45) is 40.5 Å². The second-order valence-corrected chi connectivity index (χ2v) is 21.4. The number of amides is 9. The maximum absolute atomic E-state index is 14.3. The van der Waals surface area contributed by atoms with E-state index in [4.69, 9.17) is 28.7 Å². The second-order valence-electron chi connectivity index (χ2n) is 21.4. The Bertz CT molecular complexity index is 1890. The first-order chi connectivity index (χ1) is 37.4. The fraction of sp³-hybridized carbons (Fsp3) is 0.796. The molecule has 0 heterocycles. The van der Waals surface area contributed by atoms with Gasteiger partial charge in [0.25, 0.3) is 0 Å². The van der Waals surface area contributed by atoms with Crippen LogP contribution in [0.4, 0.5) is 0 Å². The van der Waals surface area contributed by atoms with Crippen molar-refractivity contribution in [1.82, 2.24) is 47.9 Å².